The third-order valence-electron chi connectivity index (χ3n) is 9.00. The number of amides is 3. The van der Waals surface area contributed by atoms with Crippen LogP contribution in [0.25, 0.3) is 0 Å². The third kappa shape index (κ3) is 10.8. The summed E-state index contributed by atoms with van der Waals surface area (Å²) < 4.78 is 35.3. The predicted octanol–water partition coefficient (Wildman–Crippen LogP) is -5.35. The molecule has 0 aromatic rings. The Balaban J connectivity index is 1.76. The van der Waals surface area contributed by atoms with Gasteiger partial charge in [-0.2, -0.15) is 0 Å². The quantitative estimate of drug-likeness (QED) is 0.0627. The van der Waals surface area contributed by atoms with Crippen LogP contribution in [0.3, 0.4) is 0 Å². The number of ether oxygens (including phenoxy) is 6. The highest BCUT2D eigenvalue weighted by Crippen LogP contribution is 2.31. The Kier molecular flexibility index (Phi) is 16.8. The van der Waals surface area contributed by atoms with Crippen LogP contribution in [0.4, 0.5) is 0 Å². The molecule has 19 heteroatoms. The second-order valence-corrected chi connectivity index (χ2v) is 12.7. The van der Waals surface area contributed by atoms with E-state index in [1.165, 1.54) is 26.8 Å². The van der Waals surface area contributed by atoms with Gasteiger partial charge in [-0.3, -0.25) is 14.4 Å². The first-order valence-corrected chi connectivity index (χ1v) is 16.5. The van der Waals surface area contributed by atoms with Crippen molar-refractivity contribution in [2.75, 3.05) is 52.9 Å². The summed E-state index contributed by atoms with van der Waals surface area (Å²) in [7, 11) is 0. The van der Waals surface area contributed by atoms with Crippen molar-refractivity contribution in [2.45, 2.75) is 100 Å². The van der Waals surface area contributed by atoms with Gasteiger partial charge < -0.3 is 80.1 Å². The molecule has 3 amide bonds. The Morgan fingerprint density at radius 2 is 1.10 bits per heavy atom. The largest absolute Gasteiger partial charge is 0.394 e. The lowest BCUT2D eigenvalue weighted by Crippen LogP contribution is -2.65. The number of carbonyl (C=O) groups excluding carboxylic acids is 3. The topological polar surface area (TPSA) is 284 Å². The SMILES string of the molecule is C=CCO[C@@H]1C(NC(C)=O)[C@H](COC[C@@H]2C(CO)O[C@@H](O)C(NC(C)=O)[C@H]2O)OC(CO)[C@H]1COC[C@@H]1OC(CO)[C@@H](O)[C@H](O)C1NC(C)=O. The van der Waals surface area contributed by atoms with Gasteiger partial charge in [0, 0.05) is 32.6 Å². The zero-order chi connectivity index (χ0) is 37.1. The zero-order valence-corrected chi connectivity index (χ0v) is 28.4. The Hall–Kier alpha value is -2.37. The summed E-state index contributed by atoms with van der Waals surface area (Å²) in [6, 6.07) is -3.13. The third-order valence-corrected chi connectivity index (χ3v) is 9.00. The number of hydrogen-bond acceptors (Lipinski definition) is 16. The molecule has 3 rings (SSSR count). The van der Waals surface area contributed by atoms with E-state index in [0.717, 1.165) is 0 Å². The maximum atomic E-state index is 12.4. The van der Waals surface area contributed by atoms with Crippen molar-refractivity contribution in [1.29, 1.82) is 0 Å². The van der Waals surface area contributed by atoms with E-state index in [4.69, 9.17) is 28.4 Å². The minimum Gasteiger partial charge on any atom is -0.394 e. The molecule has 3 fully saturated rings. The summed E-state index contributed by atoms with van der Waals surface area (Å²) in [5.74, 6) is -3.05. The van der Waals surface area contributed by atoms with Crippen LogP contribution in [0.1, 0.15) is 20.8 Å². The van der Waals surface area contributed by atoms with Gasteiger partial charge in [-0.25, -0.2) is 0 Å². The maximum absolute atomic E-state index is 12.4. The van der Waals surface area contributed by atoms with Gasteiger partial charge in [-0.1, -0.05) is 6.08 Å². The van der Waals surface area contributed by atoms with Gasteiger partial charge in [0.05, 0.1) is 89.4 Å². The Morgan fingerprint density at radius 3 is 1.64 bits per heavy atom. The Labute approximate surface area is 289 Å². The first kappa shape index (κ1) is 42.0. The van der Waals surface area contributed by atoms with Crippen LogP contribution in [-0.4, -0.2) is 186 Å². The van der Waals surface area contributed by atoms with Crippen molar-refractivity contribution in [3.63, 3.8) is 0 Å². The lowest BCUT2D eigenvalue weighted by Gasteiger charge is -2.47. The van der Waals surface area contributed by atoms with E-state index in [1.54, 1.807) is 0 Å². The summed E-state index contributed by atoms with van der Waals surface area (Å²) in [5.41, 5.74) is 0. The second kappa shape index (κ2) is 20.0. The molecule has 0 aliphatic carbocycles. The van der Waals surface area contributed by atoms with Crippen LogP contribution in [-0.2, 0) is 42.8 Å². The van der Waals surface area contributed by atoms with Crippen LogP contribution in [0, 0.1) is 11.8 Å². The van der Waals surface area contributed by atoms with E-state index in [-0.39, 0.29) is 33.0 Å². The van der Waals surface area contributed by atoms with Crippen molar-refractivity contribution < 1.29 is 78.6 Å². The van der Waals surface area contributed by atoms with Crippen LogP contribution < -0.4 is 16.0 Å². The van der Waals surface area contributed by atoms with Gasteiger partial charge >= 0.3 is 0 Å². The minimum absolute atomic E-state index is 0.0399. The lowest BCUT2D eigenvalue weighted by molar-refractivity contribution is -0.249. The fourth-order valence-corrected chi connectivity index (χ4v) is 6.62. The average molecular weight is 724 g/mol. The van der Waals surface area contributed by atoms with E-state index in [0.29, 0.717) is 0 Å². The Bertz CT molecular complexity index is 1100. The molecule has 3 saturated heterocycles. The molecule has 0 aromatic heterocycles. The Morgan fingerprint density at radius 1 is 0.620 bits per heavy atom. The lowest BCUT2D eigenvalue weighted by atomic mass is 9.85. The van der Waals surface area contributed by atoms with Crippen molar-refractivity contribution in [1.82, 2.24) is 16.0 Å². The molecule has 0 saturated carbocycles. The fourth-order valence-electron chi connectivity index (χ4n) is 6.62. The first-order valence-electron chi connectivity index (χ1n) is 16.5. The molecule has 10 N–H and O–H groups in total. The molecule has 0 spiro atoms. The molecule has 288 valence electrons. The van der Waals surface area contributed by atoms with Crippen molar-refractivity contribution in [2.24, 2.45) is 11.8 Å². The van der Waals surface area contributed by atoms with Crippen LogP contribution in [0.2, 0.25) is 0 Å². The predicted molar refractivity (Wildman–Crippen MR) is 169 cm³/mol. The fraction of sp³-hybridized carbons (Fsp3) is 0.839. The van der Waals surface area contributed by atoms with Gasteiger partial charge in [-0.05, 0) is 0 Å². The maximum Gasteiger partial charge on any atom is 0.217 e. The van der Waals surface area contributed by atoms with Gasteiger partial charge in [-0.15, -0.1) is 6.58 Å². The number of carbonyl (C=O) groups is 3. The average Bonchev–Trinajstić information content (AvgIpc) is 3.06. The normalized spacial score (nSPS) is 39.0. The molecule has 3 aliphatic heterocycles. The number of rotatable bonds is 17. The highest BCUT2D eigenvalue weighted by atomic mass is 16.6. The standard InChI is InChI=1S/C31H53N3O16/c1-5-6-47-30-18(11-46-12-22-24(32-14(2)38)29(43)28(42)21(9-37)49-22)20(8-36)48-23(25(30)33-15(3)39)13-45-10-17-19(7-35)50-31(44)26(27(17)41)34-16(4)40/h5,17-31,35-37,41-44H,1,6-13H2,2-4H3,(H,32,38)(H,33,39)(H,34,40)/t17-,18-,19?,20?,21?,22+,23+,24?,25?,26?,27+,28-,29-,30+,31-/m1/s1. The highest BCUT2D eigenvalue weighted by molar-refractivity contribution is 5.74. The molecule has 0 bridgehead atoms. The number of nitrogens with one attached hydrogen (secondary N) is 3. The van der Waals surface area contributed by atoms with E-state index >= 15 is 0 Å². The molecule has 3 heterocycles. The summed E-state index contributed by atoms with van der Waals surface area (Å²) >= 11 is 0. The molecule has 0 radical (unpaired) electrons. The van der Waals surface area contributed by atoms with E-state index in [9.17, 15) is 50.1 Å². The molecule has 0 aromatic carbocycles. The number of hydrogen-bond donors (Lipinski definition) is 10. The second-order valence-electron chi connectivity index (χ2n) is 12.7. The zero-order valence-electron chi connectivity index (χ0n) is 28.4. The summed E-state index contributed by atoms with van der Waals surface area (Å²) in [5, 5.41) is 79.7. The van der Waals surface area contributed by atoms with E-state index < -0.39 is 129 Å². The molecule has 3 aliphatic rings. The minimum atomic E-state index is -1.57. The van der Waals surface area contributed by atoms with Gasteiger partial charge in [0.2, 0.25) is 17.7 Å². The molecule has 19 nitrogen and oxygen atoms in total. The molecular formula is C31H53N3O16. The van der Waals surface area contributed by atoms with Gasteiger partial charge in [0.15, 0.2) is 6.29 Å². The summed E-state index contributed by atoms with van der Waals surface area (Å²) in [4.78, 5) is 35.8. The first-order chi connectivity index (χ1) is 23.8. The number of aliphatic hydroxyl groups excluding tert-OH is 7. The van der Waals surface area contributed by atoms with Gasteiger partial charge in [0.1, 0.15) is 36.6 Å². The smallest absolute Gasteiger partial charge is 0.217 e. The number of aliphatic hydroxyl groups is 7. The van der Waals surface area contributed by atoms with E-state index in [1.807, 2.05) is 0 Å². The molecule has 50 heavy (non-hydrogen) atoms. The van der Waals surface area contributed by atoms with Crippen molar-refractivity contribution in [3.8, 4) is 0 Å². The van der Waals surface area contributed by atoms with Crippen LogP contribution in [0.5, 0.6) is 0 Å². The monoisotopic (exact) mass is 723 g/mol. The van der Waals surface area contributed by atoms with Crippen LogP contribution in [0.15, 0.2) is 12.7 Å². The van der Waals surface area contributed by atoms with Crippen LogP contribution >= 0.6 is 0 Å². The highest BCUT2D eigenvalue weighted by Gasteiger charge is 2.49. The van der Waals surface area contributed by atoms with Gasteiger partial charge in [0.25, 0.3) is 0 Å². The summed E-state index contributed by atoms with van der Waals surface area (Å²) in [6.07, 6.45) is -10.2. The van der Waals surface area contributed by atoms with Crippen molar-refractivity contribution >= 4 is 17.7 Å². The molecule has 6 unspecified atom stereocenters. The molecular weight excluding hydrogens is 670 g/mol. The summed E-state index contributed by atoms with van der Waals surface area (Å²) in [6.45, 7) is 5.01. The van der Waals surface area contributed by atoms with E-state index in [2.05, 4.69) is 22.5 Å². The molecule has 15 atom stereocenters. The van der Waals surface area contributed by atoms with Crippen molar-refractivity contribution in [3.05, 3.63) is 12.7 Å².